The zero-order chi connectivity index (χ0) is 23.1. The molecule has 0 spiro atoms. The fourth-order valence-corrected chi connectivity index (χ4v) is 4.44. The van der Waals surface area contributed by atoms with Crippen molar-refractivity contribution in [1.82, 2.24) is 0 Å². The number of sulfonamides is 1. The Morgan fingerprint density at radius 1 is 1.09 bits per heavy atom. The number of benzene rings is 2. The van der Waals surface area contributed by atoms with E-state index in [0.717, 1.165) is 53.8 Å². The average molecular weight is 451 g/mol. The summed E-state index contributed by atoms with van der Waals surface area (Å²) in [5.74, 6) is 0.861. The van der Waals surface area contributed by atoms with Gasteiger partial charge < -0.3 is 10.1 Å². The molecule has 168 valence electrons. The van der Waals surface area contributed by atoms with Gasteiger partial charge in [-0.3, -0.25) is 4.72 Å². The van der Waals surface area contributed by atoms with Crippen molar-refractivity contribution in [3.05, 3.63) is 95.7 Å². The van der Waals surface area contributed by atoms with Gasteiger partial charge >= 0.3 is 0 Å². The number of ether oxygens (including phenoxy) is 1. The molecule has 0 heterocycles. The van der Waals surface area contributed by atoms with Crippen LogP contribution in [0.4, 0.5) is 11.4 Å². The molecule has 6 heteroatoms. The first kappa shape index (κ1) is 23.4. The summed E-state index contributed by atoms with van der Waals surface area (Å²) in [5.41, 5.74) is 6.92. The Morgan fingerprint density at radius 3 is 2.56 bits per heavy atom. The minimum atomic E-state index is -3.34. The number of hydrogen-bond donors (Lipinski definition) is 2. The van der Waals surface area contributed by atoms with Gasteiger partial charge in [0, 0.05) is 16.9 Å². The van der Waals surface area contributed by atoms with Crippen LogP contribution in [0.1, 0.15) is 31.7 Å². The van der Waals surface area contributed by atoms with E-state index < -0.39 is 10.0 Å². The summed E-state index contributed by atoms with van der Waals surface area (Å²) in [5, 5.41) is 3.45. The lowest BCUT2D eigenvalue weighted by Crippen LogP contribution is -2.09. The Bertz CT molecular complexity index is 1190. The third-order valence-electron chi connectivity index (χ3n) is 5.23. The zero-order valence-corrected chi connectivity index (χ0v) is 19.6. The van der Waals surface area contributed by atoms with Gasteiger partial charge in [-0.2, -0.15) is 0 Å². The molecule has 2 N–H and O–H groups in total. The molecule has 32 heavy (non-hydrogen) atoms. The van der Waals surface area contributed by atoms with Gasteiger partial charge in [0.25, 0.3) is 0 Å². The van der Waals surface area contributed by atoms with Crippen LogP contribution in [0.25, 0.3) is 5.57 Å². The van der Waals surface area contributed by atoms with E-state index in [1.807, 2.05) is 43.3 Å². The monoisotopic (exact) mass is 450 g/mol. The van der Waals surface area contributed by atoms with Crippen molar-refractivity contribution in [1.29, 1.82) is 0 Å². The highest BCUT2D eigenvalue weighted by Gasteiger charge is 2.17. The molecule has 3 rings (SSSR count). The first-order valence-electron chi connectivity index (χ1n) is 10.5. The van der Waals surface area contributed by atoms with Crippen LogP contribution >= 0.6 is 0 Å². The maximum Gasteiger partial charge on any atom is 0.229 e. The molecule has 5 nitrogen and oxygen atoms in total. The smallest absolute Gasteiger partial charge is 0.229 e. The molecule has 2 aromatic carbocycles. The Labute approximate surface area is 191 Å². The molecule has 1 aliphatic rings. The molecule has 1 aliphatic carbocycles. The molecular formula is C26H30N2O3S. The fraction of sp³-hybridized carbons (Fsp3) is 0.231. The van der Waals surface area contributed by atoms with E-state index in [0.29, 0.717) is 5.69 Å². The Kier molecular flexibility index (Phi) is 7.59. The van der Waals surface area contributed by atoms with Crippen molar-refractivity contribution < 1.29 is 13.2 Å². The lowest BCUT2D eigenvalue weighted by Gasteiger charge is -2.15. The van der Waals surface area contributed by atoms with Crippen molar-refractivity contribution in [2.24, 2.45) is 0 Å². The first-order valence-corrected chi connectivity index (χ1v) is 12.4. The maximum atomic E-state index is 11.6. The first-order chi connectivity index (χ1) is 15.3. The van der Waals surface area contributed by atoms with Crippen LogP contribution in [0, 0.1) is 0 Å². The summed E-state index contributed by atoms with van der Waals surface area (Å²) in [6.45, 7) is 5.92. The van der Waals surface area contributed by atoms with Gasteiger partial charge in [0.15, 0.2) is 0 Å². The molecule has 0 aliphatic heterocycles. The molecule has 0 fully saturated rings. The van der Waals surface area contributed by atoms with E-state index >= 15 is 0 Å². The number of rotatable bonds is 7. The van der Waals surface area contributed by atoms with E-state index in [4.69, 9.17) is 4.74 Å². The molecule has 0 amide bonds. The number of methoxy groups -OCH3 is 1. The van der Waals surface area contributed by atoms with Gasteiger partial charge in [-0.15, -0.1) is 0 Å². The summed E-state index contributed by atoms with van der Waals surface area (Å²) >= 11 is 0. The molecule has 2 aromatic rings. The number of para-hydroxylation sites is 1. The third kappa shape index (κ3) is 6.14. The molecule has 0 bridgehead atoms. The normalized spacial score (nSPS) is 17.2. The van der Waals surface area contributed by atoms with E-state index in [9.17, 15) is 8.42 Å². The Hall–Kier alpha value is -3.25. The van der Waals surface area contributed by atoms with Crippen LogP contribution in [0.5, 0.6) is 5.75 Å². The highest BCUT2D eigenvalue weighted by atomic mass is 32.2. The molecule has 0 saturated carbocycles. The van der Waals surface area contributed by atoms with Gasteiger partial charge in [-0.05, 0) is 73.2 Å². The van der Waals surface area contributed by atoms with Crippen molar-refractivity contribution in [2.75, 3.05) is 23.4 Å². The van der Waals surface area contributed by atoms with Crippen molar-refractivity contribution >= 4 is 27.0 Å². The number of nitrogens with one attached hydrogen (secondary N) is 2. The highest BCUT2D eigenvalue weighted by Crippen LogP contribution is 2.37. The summed E-state index contributed by atoms with van der Waals surface area (Å²) in [6.07, 6.45) is 10.1. The minimum Gasteiger partial charge on any atom is -0.496 e. The highest BCUT2D eigenvalue weighted by molar-refractivity contribution is 7.92. The van der Waals surface area contributed by atoms with Crippen molar-refractivity contribution in [3.63, 3.8) is 0 Å². The predicted octanol–water partition coefficient (Wildman–Crippen LogP) is 6.13. The topological polar surface area (TPSA) is 67.4 Å². The van der Waals surface area contributed by atoms with Crippen LogP contribution in [0.15, 0.2) is 90.2 Å². The van der Waals surface area contributed by atoms with Gasteiger partial charge in [0.2, 0.25) is 10.0 Å². The largest absolute Gasteiger partial charge is 0.496 e. The molecular weight excluding hydrogens is 420 g/mol. The van der Waals surface area contributed by atoms with Gasteiger partial charge in [0.1, 0.15) is 5.75 Å². The number of hydrogen-bond acceptors (Lipinski definition) is 4. The lowest BCUT2D eigenvalue weighted by atomic mass is 9.98. The summed E-state index contributed by atoms with van der Waals surface area (Å²) in [4.78, 5) is 0. The minimum absolute atomic E-state index is 0.517. The Morgan fingerprint density at radius 2 is 1.84 bits per heavy atom. The van der Waals surface area contributed by atoms with Crippen molar-refractivity contribution in [3.8, 4) is 5.75 Å². The average Bonchev–Trinajstić information content (AvgIpc) is 2.96. The fourth-order valence-electron chi connectivity index (χ4n) is 3.89. The lowest BCUT2D eigenvalue weighted by molar-refractivity contribution is 0.413. The van der Waals surface area contributed by atoms with Crippen LogP contribution in [0.2, 0.25) is 0 Å². The molecule has 0 unspecified atom stereocenters. The van der Waals surface area contributed by atoms with Gasteiger partial charge in [-0.1, -0.05) is 43.0 Å². The summed E-state index contributed by atoms with van der Waals surface area (Å²) in [7, 11) is -1.65. The van der Waals surface area contributed by atoms with E-state index in [-0.39, 0.29) is 0 Å². The van der Waals surface area contributed by atoms with Crippen LogP contribution in [0.3, 0.4) is 0 Å². The van der Waals surface area contributed by atoms with Crippen LogP contribution in [-0.4, -0.2) is 21.8 Å². The predicted molar refractivity (Wildman–Crippen MR) is 134 cm³/mol. The zero-order valence-electron chi connectivity index (χ0n) is 18.8. The molecule has 0 aromatic heterocycles. The maximum absolute atomic E-state index is 11.6. The van der Waals surface area contributed by atoms with E-state index in [1.165, 1.54) is 11.1 Å². The summed E-state index contributed by atoms with van der Waals surface area (Å²) in [6, 6.07) is 15.3. The van der Waals surface area contributed by atoms with Gasteiger partial charge in [-0.25, -0.2) is 8.42 Å². The second kappa shape index (κ2) is 10.4. The number of anilines is 2. The second-order valence-corrected chi connectivity index (χ2v) is 9.52. The van der Waals surface area contributed by atoms with E-state index in [2.05, 4.69) is 34.8 Å². The SMILES string of the molecule is C=C/C=C1/CCCC(c2ccccc2OC)=C/C1=C(/C)Nc1cccc(NS(C)(=O)=O)c1. The molecule has 0 atom stereocenters. The van der Waals surface area contributed by atoms with Gasteiger partial charge in [0.05, 0.1) is 19.1 Å². The quantitative estimate of drug-likeness (QED) is 0.532. The van der Waals surface area contributed by atoms with E-state index in [1.54, 1.807) is 19.2 Å². The van der Waals surface area contributed by atoms with Crippen LogP contribution in [-0.2, 0) is 10.0 Å². The number of allylic oxidation sites excluding steroid dienone is 7. The molecule has 0 radical (unpaired) electrons. The third-order valence-corrected chi connectivity index (χ3v) is 5.84. The van der Waals surface area contributed by atoms with Crippen LogP contribution < -0.4 is 14.8 Å². The van der Waals surface area contributed by atoms with Crippen molar-refractivity contribution in [2.45, 2.75) is 26.2 Å². The molecule has 0 saturated heterocycles. The summed E-state index contributed by atoms with van der Waals surface area (Å²) < 4.78 is 31.3. The Balaban J connectivity index is 2.04. The second-order valence-electron chi connectivity index (χ2n) is 7.77. The standard InChI is InChI=1S/C26H30N2O3S/c1-5-10-20-11-8-12-21(24-15-6-7-16-26(24)31-3)17-25(20)19(2)27-22-13-9-14-23(18-22)28-32(4,29)30/h5-7,9-10,13-18,27-28H,1,8,11-12H2,2-4H3/b20-10-,25-19+.